The van der Waals surface area contributed by atoms with E-state index < -0.39 is 6.09 Å². The summed E-state index contributed by atoms with van der Waals surface area (Å²) in [6.45, 7) is 9.66. The zero-order valence-electron chi connectivity index (χ0n) is 14.0. The molecule has 1 spiro atoms. The summed E-state index contributed by atoms with van der Waals surface area (Å²) in [5.74, 6) is 2.14. The van der Waals surface area contributed by atoms with Crippen molar-refractivity contribution in [2.45, 2.75) is 64.6 Å². The van der Waals surface area contributed by atoms with Gasteiger partial charge in [-0.15, -0.1) is 0 Å². The lowest BCUT2D eigenvalue weighted by atomic mass is 9.66. The van der Waals surface area contributed by atoms with E-state index >= 15 is 0 Å². The van der Waals surface area contributed by atoms with Crippen LogP contribution >= 0.6 is 0 Å². The van der Waals surface area contributed by atoms with Crippen LogP contribution < -0.4 is 0 Å². The second-order valence-electron chi connectivity index (χ2n) is 8.09. The van der Waals surface area contributed by atoms with Crippen LogP contribution in [0.4, 0.5) is 4.79 Å². The fourth-order valence-corrected chi connectivity index (χ4v) is 3.63. The van der Waals surface area contributed by atoms with E-state index in [1.165, 1.54) is 10.5 Å². The van der Waals surface area contributed by atoms with Gasteiger partial charge in [0.25, 0.3) is 0 Å². The van der Waals surface area contributed by atoms with Crippen molar-refractivity contribution in [1.82, 2.24) is 4.90 Å². The first-order valence-corrected chi connectivity index (χ1v) is 8.16. The fourth-order valence-electron chi connectivity index (χ4n) is 3.63. The SMILES string of the molecule is CC1(C)OB(C=C2CCC3(CC2)CN(C(=O)O)C3)OC1(C)C. The zero-order valence-corrected chi connectivity index (χ0v) is 14.0. The highest BCUT2D eigenvalue weighted by Gasteiger charge is 2.51. The Bertz CT molecular complexity index is 480. The molecule has 3 aliphatic rings. The van der Waals surface area contributed by atoms with Crippen LogP contribution in [0.5, 0.6) is 0 Å². The van der Waals surface area contributed by atoms with E-state index in [9.17, 15) is 4.79 Å². The van der Waals surface area contributed by atoms with E-state index in [0.29, 0.717) is 13.1 Å². The topological polar surface area (TPSA) is 59.0 Å². The van der Waals surface area contributed by atoms with Crippen LogP contribution in [0.15, 0.2) is 11.5 Å². The summed E-state index contributed by atoms with van der Waals surface area (Å²) in [5.41, 5.74) is 1.03. The number of hydrogen-bond donors (Lipinski definition) is 1. The Labute approximate surface area is 132 Å². The lowest BCUT2D eigenvalue weighted by molar-refractivity contribution is -0.00811. The van der Waals surface area contributed by atoms with Crippen LogP contribution in [0.1, 0.15) is 53.4 Å². The molecule has 0 atom stereocenters. The Morgan fingerprint density at radius 1 is 1.14 bits per heavy atom. The molecule has 0 bridgehead atoms. The highest BCUT2D eigenvalue weighted by molar-refractivity contribution is 6.51. The highest BCUT2D eigenvalue weighted by atomic mass is 16.7. The van der Waals surface area contributed by atoms with Crippen molar-refractivity contribution in [1.29, 1.82) is 0 Å². The molecule has 0 aromatic heterocycles. The third-order valence-corrected chi connectivity index (χ3v) is 5.92. The van der Waals surface area contributed by atoms with Crippen molar-refractivity contribution < 1.29 is 19.2 Å². The zero-order chi connectivity index (χ0) is 16.2. The van der Waals surface area contributed by atoms with Crippen molar-refractivity contribution in [3.8, 4) is 0 Å². The predicted molar refractivity (Wildman–Crippen MR) is 84.7 cm³/mol. The molecule has 0 aromatic rings. The molecular weight excluding hydrogens is 281 g/mol. The van der Waals surface area contributed by atoms with E-state index in [1.54, 1.807) is 0 Å². The lowest BCUT2D eigenvalue weighted by Crippen LogP contribution is -2.58. The third kappa shape index (κ3) is 2.67. The summed E-state index contributed by atoms with van der Waals surface area (Å²) in [5, 5.41) is 8.97. The molecule has 0 radical (unpaired) electrons. The Balaban J connectivity index is 1.56. The molecule has 1 saturated carbocycles. The van der Waals surface area contributed by atoms with Gasteiger partial charge in [0.05, 0.1) is 11.2 Å². The van der Waals surface area contributed by atoms with Crippen LogP contribution in [0.2, 0.25) is 0 Å². The van der Waals surface area contributed by atoms with E-state index in [4.69, 9.17) is 14.4 Å². The largest absolute Gasteiger partial charge is 0.487 e. The number of carbonyl (C=O) groups is 1. The van der Waals surface area contributed by atoms with Crippen LogP contribution in [0.25, 0.3) is 0 Å². The molecule has 0 unspecified atom stereocenters. The molecule has 3 rings (SSSR count). The van der Waals surface area contributed by atoms with E-state index in [1.807, 2.05) is 0 Å². The summed E-state index contributed by atoms with van der Waals surface area (Å²) >= 11 is 0. The van der Waals surface area contributed by atoms with Gasteiger partial charge in [-0.05, 0) is 53.4 Å². The molecule has 1 aliphatic carbocycles. The first-order valence-electron chi connectivity index (χ1n) is 8.16. The number of amides is 1. The van der Waals surface area contributed by atoms with Crippen LogP contribution in [-0.2, 0) is 9.31 Å². The van der Waals surface area contributed by atoms with Crippen molar-refractivity contribution >= 4 is 13.2 Å². The molecule has 1 N–H and O–H groups in total. The van der Waals surface area contributed by atoms with Gasteiger partial charge in [-0.25, -0.2) is 4.79 Å². The second-order valence-corrected chi connectivity index (χ2v) is 8.09. The number of carboxylic acid groups (broad SMARTS) is 1. The van der Waals surface area contributed by atoms with Gasteiger partial charge in [0.15, 0.2) is 0 Å². The molecule has 6 heteroatoms. The van der Waals surface area contributed by atoms with E-state index in [2.05, 4.69) is 33.7 Å². The Kier molecular flexibility index (Phi) is 3.61. The van der Waals surface area contributed by atoms with Gasteiger partial charge in [-0.2, -0.15) is 0 Å². The van der Waals surface area contributed by atoms with Gasteiger partial charge < -0.3 is 19.3 Å². The maximum absolute atomic E-state index is 10.9. The van der Waals surface area contributed by atoms with Gasteiger partial charge in [-0.3, -0.25) is 0 Å². The minimum Gasteiger partial charge on any atom is -0.465 e. The van der Waals surface area contributed by atoms with Gasteiger partial charge >= 0.3 is 13.2 Å². The van der Waals surface area contributed by atoms with Crippen molar-refractivity contribution in [2.24, 2.45) is 5.41 Å². The van der Waals surface area contributed by atoms with Crippen LogP contribution in [0.3, 0.4) is 0 Å². The summed E-state index contributed by atoms with van der Waals surface area (Å²) in [4.78, 5) is 12.4. The highest BCUT2D eigenvalue weighted by Crippen LogP contribution is 2.46. The van der Waals surface area contributed by atoms with Gasteiger partial charge in [-0.1, -0.05) is 11.5 Å². The standard InChI is InChI=1S/C16H26BNO4/c1-14(2)15(3,4)22-17(21-14)9-12-5-7-16(8-6-12)10-18(11-16)13(19)20/h9H,5-8,10-11H2,1-4H3,(H,19,20). The number of allylic oxidation sites excluding steroid dienone is 1. The Morgan fingerprint density at radius 3 is 2.09 bits per heavy atom. The van der Waals surface area contributed by atoms with Gasteiger partial charge in [0.1, 0.15) is 0 Å². The van der Waals surface area contributed by atoms with Gasteiger partial charge in [0.2, 0.25) is 0 Å². The first kappa shape index (κ1) is 15.9. The minimum absolute atomic E-state index is 0.228. The van der Waals surface area contributed by atoms with Crippen LogP contribution in [0, 0.1) is 5.41 Å². The molecule has 22 heavy (non-hydrogen) atoms. The smallest absolute Gasteiger partial charge is 0.465 e. The monoisotopic (exact) mass is 307 g/mol. The second kappa shape index (κ2) is 5.00. The number of hydrogen-bond acceptors (Lipinski definition) is 3. The number of rotatable bonds is 1. The molecular formula is C16H26BNO4. The van der Waals surface area contributed by atoms with Crippen molar-refractivity contribution in [3.05, 3.63) is 11.5 Å². The Morgan fingerprint density at radius 2 is 1.64 bits per heavy atom. The Hall–Kier alpha value is -1.01. The maximum Gasteiger partial charge on any atom is 0.487 e. The molecule has 5 nitrogen and oxygen atoms in total. The van der Waals surface area contributed by atoms with E-state index in [0.717, 1.165) is 25.7 Å². The maximum atomic E-state index is 10.9. The number of likely N-dealkylation sites (tertiary alicyclic amines) is 1. The summed E-state index contributed by atoms with van der Waals surface area (Å²) in [7, 11) is -0.258. The average molecular weight is 307 g/mol. The third-order valence-electron chi connectivity index (χ3n) is 5.92. The van der Waals surface area contributed by atoms with Crippen LogP contribution in [-0.4, -0.2) is 47.5 Å². The molecule has 2 heterocycles. The average Bonchev–Trinajstić information content (AvgIpc) is 2.55. The van der Waals surface area contributed by atoms with Crippen molar-refractivity contribution in [2.75, 3.05) is 13.1 Å². The normalized spacial score (nSPS) is 28.6. The molecule has 2 aliphatic heterocycles. The lowest BCUT2D eigenvalue weighted by Gasteiger charge is -2.51. The molecule has 1 amide bonds. The molecule has 3 fully saturated rings. The summed E-state index contributed by atoms with van der Waals surface area (Å²) in [6, 6.07) is 0. The van der Waals surface area contributed by atoms with Crippen molar-refractivity contribution in [3.63, 3.8) is 0 Å². The quantitative estimate of drug-likeness (QED) is 0.756. The summed E-state index contributed by atoms with van der Waals surface area (Å²) in [6.07, 6.45) is 3.41. The van der Waals surface area contributed by atoms with Gasteiger partial charge in [0, 0.05) is 18.5 Å². The fraction of sp³-hybridized carbons (Fsp3) is 0.812. The predicted octanol–water partition coefficient (Wildman–Crippen LogP) is 3.10. The molecule has 0 aromatic carbocycles. The summed E-state index contributed by atoms with van der Waals surface area (Å²) < 4.78 is 12.0. The minimum atomic E-state index is -0.788. The molecule has 2 saturated heterocycles. The number of nitrogens with zero attached hydrogens (tertiary/aromatic N) is 1. The molecule has 122 valence electrons. The first-order chi connectivity index (χ1) is 10.1. The van der Waals surface area contributed by atoms with E-state index in [-0.39, 0.29) is 23.7 Å².